The van der Waals surface area contributed by atoms with Gasteiger partial charge in [0.15, 0.2) is 5.65 Å². The first-order chi connectivity index (χ1) is 15.9. The van der Waals surface area contributed by atoms with E-state index in [0.717, 1.165) is 55.6 Å². The first-order valence-electron chi connectivity index (χ1n) is 11.2. The Morgan fingerprint density at radius 1 is 0.812 bits per heavy atom. The van der Waals surface area contributed by atoms with Crippen molar-refractivity contribution in [3.63, 3.8) is 0 Å². The molecule has 0 unspecified atom stereocenters. The lowest BCUT2D eigenvalue weighted by Gasteiger charge is -2.39. The maximum absolute atomic E-state index is 4.49. The number of benzene rings is 2. The highest BCUT2D eigenvalue weighted by molar-refractivity contribution is 7.99. The normalized spacial score (nSPS) is 15.5. The summed E-state index contributed by atoms with van der Waals surface area (Å²) >= 11 is 1.79. The number of fused-ring (bicyclic) bond motifs is 1. The number of nitrogens with zero attached hydrogens (tertiary/aromatic N) is 6. The Kier molecular flexibility index (Phi) is 6.77. The van der Waals surface area contributed by atoms with Gasteiger partial charge >= 0.3 is 0 Å². The molecule has 0 aliphatic carbocycles. The van der Waals surface area contributed by atoms with Gasteiger partial charge in [-0.25, -0.2) is 4.98 Å². The summed E-state index contributed by atoms with van der Waals surface area (Å²) in [6.45, 7) is 5.54. The van der Waals surface area contributed by atoms with Crippen molar-refractivity contribution < 1.29 is 0 Å². The molecular weight excluding hydrogens is 416 g/mol. The predicted molar refractivity (Wildman–Crippen MR) is 129 cm³/mol. The van der Waals surface area contributed by atoms with E-state index in [1.807, 2.05) is 12.1 Å². The lowest BCUT2D eigenvalue weighted by atomic mass is 9.96. The van der Waals surface area contributed by atoms with Crippen LogP contribution in [0.25, 0.3) is 5.65 Å². The second kappa shape index (κ2) is 10.3. The van der Waals surface area contributed by atoms with Crippen molar-refractivity contribution in [1.29, 1.82) is 0 Å². The second-order valence-electron chi connectivity index (χ2n) is 8.08. The van der Waals surface area contributed by atoms with Gasteiger partial charge in [0.1, 0.15) is 11.4 Å². The Balaban J connectivity index is 1.13. The average Bonchev–Trinajstić information content (AvgIpc) is 3.32. The van der Waals surface area contributed by atoms with Gasteiger partial charge in [0.2, 0.25) is 0 Å². The smallest absolute Gasteiger partial charge is 0.176 e. The van der Waals surface area contributed by atoms with E-state index in [4.69, 9.17) is 0 Å². The quantitative estimate of drug-likeness (QED) is 0.302. The molecular formula is C25H28N6S. The molecule has 32 heavy (non-hydrogen) atoms. The van der Waals surface area contributed by atoms with Crippen LogP contribution in [0.15, 0.2) is 84.1 Å². The minimum atomic E-state index is 0.327. The van der Waals surface area contributed by atoms with E-state index < -0.39 is 0 Å². The van der Waals surface area contributed by atoms with Crippen LogP contribution in [0.1, 0.15) is 23.6 Å². The van der Waals surface area contributed by atoms with E-state index in [1.54, 1.807) is 16.4 Å². The van der Waals surface area contributed by atoms with Crippen LogP contribution in [0.5, 0.6) is 0 Å². The third-order valence-electron chi connectivity index (χ3n) is 6.00. The number of hydrogen-bond acceptors (Lipinski definition) is 6. The molecule has 0 bridgehead atoms. The molecule has 4 aromatic rings. The van der Waals surface area contributed by atoms with Gasteiger partial charge in [0.05, 0.1) is 6.04 Å². The lowest BCUT2D eigenvalue weighted by Crippen LogP contribution is -2.48. The monoisotopic (exact) mass is 444 g/mol. The SMILES string of the molecule is c1ccc(C(c2ccccc2)N2CCN(CCCSc3ccc4ncnn4n3)CC2)cc1. The van der Waals surface area contributed by atoms with Crippen molar-refractivity contribution in [1.82, 2.24) is 29.6 Å². The van der Waals surface area contributed by atoms with E-state index >= 15 is 0 Å². The van der Waals surface area contributed by atoms with Crippen molar-refractivity contribution in [2.75, 3.05) is 38.5 Å². The van der Waals surface area contributed by atoms with E-state index in [1.165, 1.54) is 17.5 Å². The first kappa shape index (κ1) is 21.1. The Labute approximate surface area is 193 Å². The van der Waals surface area contributed by atoms with E-state index in [0.29, 0.717) is 6.04 Å². The molecule has 164 valence electrons. The summed E-state index contributed by atoms with van der Waals surface area (Å²) in [6, 6.07) is 26.1. The number of hydrogen-bond donors (Lipinski definition) is 0. The van der Waals surface area contributed by atoms with Crippen LogP contribution in [0, 0.1) is 0 Å². The maximum atomic E-state index is 4.49. The summed E-state index contributed by atoms with van der Waals surface area (Å²) in [4.78, 5) is 9.37. The highest BCUT2D eigenvalue weighted by Crippen LogP contribution is 2.29. The van der Waals surface area contributed by atoms with E-state index in [2.05, 4.69) is 85.6 Å². The third kappa shape index (κ3) is 5.01. The summed E-state index contributed by atoms with van der Waals surface area (Å²) in [7, 11) is 0. The van der Waals surface area contributed by atoms with Gasteiger partial charge < -0.3 is 4.90 Å². The molecule has 1 aliphatic heterocycles. The second-order valence-corrected chi connectivity index (χ2v) is 9.20. The molecule has 1 saturated heterocycles. The largest absolute Gasteiger partial charge is 0.301 e. The van der Waals surface area contributed by atoms with Gasteiger partial charge in [-0.05, 0) is 36.2 Å². The number of rotatable bonds is 8. The molecule has 0 radical (unpaired) electrons. The Bertz CT molecular complexity index is 1070. The number of aromatic nitrogens is 4. The van der Waals surface area contributed by atoms with Crippen molar-refractivity contribution in [2.45, 2.75) is 17.5 Å². The van der Waals surface area contributed by atoms with Crippen LogP contribution >= 0.6 is 11.8 Å². The van der Waals surface area contributed by atoms with Gasteiger partial charge in [-0.1, -0.05) is 60.7 Å². The van der Waals surface area contributed by atoms with Crippen LogP contribution in [-0.4, -0.2) is 68.1 Å². The Hall–Kier alpha value is -2.74. The van der Waals surface area contributed by atoms with Crippen LogP contribution in [0.3, 0.4) is 0 Å². The summed E-state index contributed by atoms with van der Waals surface area (Å²) < 4.78 is 1.59. The average molecular weight is 445 g/mol. The lowest BCUT2D eigenvalue weighted by molar-refractivity contribution is 0.110. The molecule has 0 atom stereocenters. The molecule has 2 aromatic carbocycles. The Morgan fingerprint density at radius 2 is 1.50 bits per heavy atom. The summed E-state index contributed by atoms with van der Waals surface area (Å²) in [5.74, 6) is 1.06. The molecule has 1 fully saturated rings. The van der Waals surface area contributed by atoms with Gasteiger partial charge in [0, 0.05) is 31.9 Å². The Morgan fingerprint density at radius 3 is 2.19 bits per heavy atom. The third-order valence-corrected chi connectivity index (χ3v) is 7.00. The fourth-order valence-corrected chi connectivity index (χ4v) is 5.16. The van der Waals surface area contributed by atoms with Crippen LogP contribution < -0.4 is 0 Å². The molecule has 0 saturated carbocycles. The molecule has 5 rings (SSSR count). The minimum absolute atomic E-state index is 0.327. The number of piperazine rings is 1. The van der Waals surface area contributed by atoms with Crippen LogP contribution in [0.4, 0.5) is 0 Å². The summed E-state index contributed by atoms with van der Waals surface area (Å²) in [5.41, 5.74) is 3.54. The van der Waals surface area contributed by atoms with Crippen LogP contribution in [0.2, 0.25) is 0 Å². The molecule has 0 N–H and O–H groups in total. The molecule has 6 nitrogen and oxygen atoms in total. The van der Waals surface area contributed by atoms with Crippen molar-refractivity contribution >= 4 is 17.4 Å². The topological polar surface area (TPSA) is 49.6 Å². The molecule has 2 aromatic heterocycles. The standard InChI is InChI=1S/C25H28N6S/c1-3-8-21(9-4-1)25(22-10-5-2-6-11-22)30-17-15-29(16-18-30)14-7-19-32-24-13-12-23-26-20-27-31(23)28-24/h1-6,8-13,20,25H,7,14-19H2. The van der Waals surface area contributed by atoms with E-state index in [9.17, 15) is 0 Å². The van der Waals surface area contributed by atoms with Gasteiger partial charge in [0.25, 0.3) is 0 Å². The number of thioether (sulfide) groups is 1. The zero-order valence-corrected chi connectivity index (χ0v) is 18.9. The van der Waals surface area contributed by atoms with Crippen molar-refractivity contribution in [3.05, 3.63) is 90.3 Å². The maximum Gasteiger partial charge on any atom is 0.176 e. The highest BCUT2D eigenvalue weighted by atomic mass is 32.2. The molecule has 1 aliphatic rings. The van der Waals surface area contributed by atoms with Gasteiger partial charge in [-0.2, -0.15) is 0 Å². The van der Waals surface area contributed by atoms with E-state index in [-0.39, 0.29) is 0 Å². The van der Waals surface area contributed by atoms with Crippen molar-refractivity contribution in [3.8, 4) is 0 Å². The fourth-order valence-electron chi connectivity index (χ4n) is 4.38. The molecule has 0 spiro atoms. The van der Waals surface area contributed by atoms with Gasteiger partial charge in [-0.15, -0.1) is 26.6 Å². The van der Waals surface area contributed by atoms with Crippen LogP contribution in [-0.2, 0) is 0 Å². The molecule has 0 amide bonds. The fraction of sp³-hybridized carbons (Fsp3) is 0.320. The minimum Gasteiger partial charge on any atom is -0.301 e. The zero-order valence-electron chi connectivity index (χ0n) is 18.1. The molecule has 3 heterocycles. The predicted octanol–water partition coefficient (Wildman–Crippen LogP) is 4.01. The first-order valence-corrected chi connectivity index (χ1v) is 12.2. The summed E-state index contributed by atoms with van der Waals surface area (Å²) in [6.07, 6.45) is 2.69. The zero-order chi connectivity index (χ0) is 21.6. The van der Waals surface area contributed by atoms with Gasteiger partial charge in [-0.3, -0.25) is 4.90 Å². The summed E-state index contributed by atoms with van der Waals surface area (Å²) in [5, 5.41) is 9.61. The molecule has 7 heteroatoms. The highest BCUT2D eigenvalue weighted by Gasteiger charge is 2.26. The van der Waals surface area contributed by atoms with Crippen molar-refractivity contribution in [2.24, 2.45) is 0 Å².